The van der Waals surface area contributed by atoms with Crippen LogP contribution in [0.25, 0.3) is 0 Å². The number of rotatable bonds is 3. The molecule has 3 rings (SSSR count). The number of aliphatic carboxylic acids is 1. The van der Waals surface area contributed by atoms with Gasteiger partial charge in [-0.3, -0.25) is 4.79 Å². The summed E-state index contributed by atoms with van der Waals surface area (Å²) in [5.41, 5.74) is 1.97. The van der Waals surface area contributed by atoms with Crippen molar-refractivity contribution in [3.05, 3.63) is 11.4 Å². The molecule has 0 spiro atoms. The molecule has 2 heterocycles. The average Bonchev–Trinajstić information content (AvgIpc) is 2.96. The number of imidazole rings is 1. The number of carboxylic acid groups (broad SMARTS) is 1. The van der Waals surface area contributed by atoms with E-state index in [4.69, 9.17) is 5.11 Å². The van der Waals surface area contributed by atoms with E-state index in [-0.39, 0.29) is 6.42 Å². The standard InChI is InChI=1S/C13H19N3O2/c17-11(18)8-10-12(9-4-1-2-5-9)15-13-14-6-3-7-16(10)13/h9H,1-8H2,(H,14,15)(H,17,18). The third kappa shape index (κ3) is 1.98. The highest BCUT2D eigenvalue weighted by Crippen LogP contribution is 2.37. The molecule has 2 aliphatic rings. The third-order valence-electron chi connectivity index (χ3n) is 4.01. The Bertz CT molecular complexity index is 461. The molecule has 1 aromatic heterocycles. The Morgan fingerprint density at radius 3 is 2.89 bits per heavy atom. The maximum Gasteiger partial charge on any atom is 0.309 e. The van der Waals surface area contributed by atoms with Gasteiger partial charge in [0.25, 0.3) is 0 Å². The molecule has 0 unspecified atom stereocenters. The summed E-state index contributed by atoms with van der Waals surface area (Å²) >= 11 is 0. The van der Waals surface area contributed by atoms with E-state index in [1.54, 1.807) is 0 Å². The predicted octanol–water partition coefficient (Wildman–Crippen LogP) is 1.98. The fourth-order valence-corrected chi connectivity index (χ4v) is 3.17. The van der Waals surface area contributed by atoms with Crippen molar-refractivity contribution < 1.29 is 9.90 Å². The molecule has 0 atom stereocenters. The van der Waals surface area contributed by atoms with Gasteiger partial charge in [-0.25, -0.2) is 4.98 Å². The zero-order valence-corrected chi connectivity index (χ0v) is 10.5. The summed E-state index contributed by atoms with van der Waals surface area (Å²) in [4.78, 5) is 15.7. The molecule has 1 saturated carbocycles. The van der Waals surface area contributed by atoms with Gasteiger partial charge < -0.3 is 15.0 Å². The molecular weight excluding hydrogens is 230 g/mol. The Morgan fingerprint density at radius 2 is 2.17 bits per heavy atom. The first-order chi connectivity index (χ1) is 8.75. The van der Waals surface area contributed by atoms with Gasteiger partial charge in [0.15, 0.2) is 0 Å². The highest BCUT2D eigenvalue weighted by molar-refractivity contribution is 5.70. The van der Waals surface area contributed by atoms with Gasteiger partial charge >= 0.3 is 5.97 Å². The second kappa shape index (κ2) is 4.63. The molecule has 1 aliphatic carbocycles. The van der Waals surface area contributed by atoms with E-state index in [1.165, 1.54) is 12.8 Å². The van der Waals surface area contributed by atoms with Crippen LogP contribution >= 0.6 is 0 Å². The van der Waals surface area contributed by atoms with Crippen molar-refractivity contribution in [2.75, 3.05) is 11.9 Å². The van der Waals surface area contributed by atoms with Crippen molar-refractivity contribution in [1.29, 1.82) is 0 Å². The lowest BCUT2D eigenvalue weighted by Gasteiger charge is -2.17. The average molecular weight is 249 g/mol. The summed E-state index contributed by atoms with van der Waals surface area (Å²) < 4.78 is 2.07. The Balaban J connectivity index is 1.99. The Kier molecular flexibility index (Phi) is 2.97. The second-order valence-corrected chi connectivity index (χ2v) is 5.25. The summed E-state index contributed by atoms with van der Waals surface area (Å²) in [6.45, 7) is 1.83. The number of anilines is 1. The van der Waals surface area contributed by atoms with Crippen LogP contribution in [0.2, 0.25) is 0 Å². The molecule has 1 aromatic rings. The van der Waals surface area contributed by atoms with Gasteiger partial charge in [-0.15, -0.1) is 0 Å². The summed E-state index contributed by atoms with van der Waals surface area (Å²) in [5.74, 6) is 0.584. The maximum absolute atomic E-state index is 11.1. The minimum Gasteiger partial charge on any atom is -0.481 e. The maximum atomic E-state index is 11.1. The number of nitrogens with one attached hydrogen (secondary N) is 1. The van der Waals surface area contributed by atoms with Gasteiger partial charge in [0.2, 0.25) is 5.95 Å². The molecule has 2 N–H and O–H groups in total. The lowest BCUT2D eigenvalue weighted by Crippen LogP contribution is -2.20. The van der Waals surface area contributed by atoms with Crippen molar-refractivity contribution in [1.82, 2.24) is 9.55 Å². The zero-order valence-electron chi connectivity index (χ0n) is 10.5. The molecule has 0 bridgehead atoms. The van der Waals surface area contributed by atoms with Crippen LogP contribution in [0.3, 0.4) is 0 Å². The molecule has 1 aliphatic heterocycles. The topological polar surface area (TPSA) is 67.1 Å². The van der Waals surface area contributed by atoms with Crippen LogP contribution in [0.1, 0.15) is 49.4 Å². The number of carbonyl (C=O) groups is 1. The third-order valence-corrected chi connectivity index (χ3v) is 4.01. The first-order valence-electron chi connectivity index (χ1n) is 6.80. The molecule has 5 heteroatoms. The van der Waals surface area contributed by atoms with Crippen LogP contribution in [-0.2, 0) is 17.8 Å². The normalized spacial score (nSPS) is 19.6. The van der Waals surface area contributed by atoms with Crippen molar-refractivity contribution in [3.8, 4) is 0 Å². The summed E-state index contributed by atoms with van der Waals surface area (Å²) in [5, 5.41) is 12.4. The second-order valence-electron chi connectivity index (χ2n) is 5.25. The van der Waals surface area contributed by atoms with Crippen LogP contribution in [0.4, 0.5) is 5.95 Å². The predicted molar refractivity (Wildman–Crippen MR) is 67.9 cm³/mol. The molecule has 0 radical (unpaired) electrons. The van der Waals surface area contributed by atoms with Gasteiger partial charge in [-0.2, -0.15) is 0 Å². The number of hydrogen-bond donors (Lipinski definition) is 2. The smallest absolute Gasteiger partial charge is 0.309 e. The molecule has 18 heavy (non-hydrogen) atoms. The number of nitrogens with zero attached hydrogens (tertiary/aromatic N) is 2. The van der Waals surface area contributed by atoms with Gasteiger partial charge in [0.1, 0.15) is 0 Å². The molecule has 0 amide bonds. The van der Waals surface area contributed by atoms with E-state index >= 15 is 0 Å². The van der Waals surface area contributed by atoms with E-state index in [2.05, 4.69) is 14.9 Å². The molecule has 5 nitrogen and oxygen atoms in total. The number of carboxylic acids is 1. The molecule has 0 aromatic carbocycles. The molecular formula is C13H19N3O2. The van der Waals surface area contributed by atoms with Crippen molar-refractivity contribution in [3.63, 3.8) is 0 Å². The highest BCUT2D eigenvalue weighted by atomic mass is 16.4. The minimum atomic E-state index is -0.762. The summed E-state index contributed by atoms with van der Waals surface area (Å²) in [7, 11) is 0. The van der Waals surface area contributed by atoms with Crippen molar-refractivity contribution >= 4 is 11.9 Å². The van der Waals surface area contributed by atoms with E-state index in [0.29, 0.717) is 5.92 Å². The van der Waals surface area contributed by atoms with Crippen LogP contribution in [0.15, 0.2) is 0 Å². The number of fused-ring (bicyclic) bond motifs is 1. The summed E-state index contributed by atoms with van der Waals surface area (Å²) in [6, 6.07) is 0. The fourth-order valence-electron chi connectivity index (χ4n) is 3.17. The number of aromatic nitrogens is 2. The highest BCUT2D eigenvalue weighted by Gasteiger charge is 2.28. The quantitative estimate of drug-likeness (QED) is 0.859. The van der Waals surface area contributed by atoms with Crippen molar-refractivity contribution in [2.45, 2.75) is 51.0 Å². The largest absolute Gasteiger partial charge is 0.481 e. The SMILES string of the molecule is O=C(O)Cc1c(C2CCCC2)nc2n1CCCN2. The lowest BCUT2D eigenvalue weighted by molar-refractivity contribution is -0.136. The van der Waals surface area contributed by atoms with Gasteiger partial charge in [-0.1, -0.05) is 12.8 Å². The molecule has 0 saturated heterocycles. The van der Waals surface area contributed by atoms with E-state index in [9.17, 15) is 4.79 Å². The zero-order chi connectivity index (χ0) is 12.5. The Hall–Kier alpha value is -1.52. The first-order valence-corrected chi connectivity index (χ1v) is 6.80. The Labute approximate surface area is 106 Å². The monoisotopic (exact) mass is 249 g/mol. The Morgan fingerprint density at radius 1 is 1.39 bits per heavy atom. The van der Waals surface area contributed by atoms with Crippen molar-refractivity contribution in [2.24, 2.45) is 0 Å². The van der Waals surface area contributed by atoms with E-state index in [1.807, 2.05) is 0 Å². The fraction of sp³-hybridized carbons (Fsp3) is 0.692. The van der Waals surface area contributed by atoms with Gasteiger partial charge in [-0.05, 0) is 19.3 Å². The summed E-state index contributed by atoms with van der Waals surface area (Å²) in [6.07, 6.45) is 5.94. The van der Waals surface area contributed by atoms with Crippen LogP contribution in [-0.4, -0.2) is 27.2 Å². The van der Waals surface area contributed by atoms with E-state index in [0.717, 1.165) is 49.7 Å². The van der Waals surface area contributed by atoms with Crippen LogP contribution < -0.4 is 5.32 Å². The number of hydrogen-bond acceptors (Lipinski definition) is 3. The lowest BCUT2D eigenvalue weighted by atomic mass is 10.0. The molecule has 98 valence electrons. The van der Waals surface area contributed by atoms with Gasteiger partial charge in [0, 0.05) is 19.0 Å². The van der Waals surface area contributed by atoms with Crippen LogP contribution in [0, 0.1) is 0 Å². The minimum absolute atomic E-state index is 0.0977. The van der Waals surface area contributed by atoms with E-state index < -0.39 is 5.97 Å². The van der Waals surface area contributed by atoms with Crippen LogP contribution in [0.5, 0.6) is 0 Å². The van der Waals surface area contributed by atoms with Gasteiger partial charge in [0.05, 0.1) is 17.8 Å². The first kappa shape index (κ1) is 11.6. The molecule has 1 fully saturated rings.